The van der Waals surface area contributed by atoms with Crippen LogP contribution in [0.2, 0.25) is 0 Å². The van der Waals surface area contributed by atoms with Gasteiger partial charge < -0.3 is 4.74 Å². The lowest BCUT2D eigenvalue weighted by atomic mass is 10.4. The molecule has 9 nitrogen and oxygen atoms in total. The highest BCUT2D eigenvalue weighted by Gasteiger charge is 2.18. The Morgan fingerprint density at radius 1 is 1.14 bits per heavy atom. The summed E-state index contributed by atoms with van der Waals surface area (Å²) >= 11 is 0. The Bertz CT molecular complexity index is 779. The van der Waals surface area contributed by atoms with Crippen molar-refractivity contribution in [1.29, 1.82) is 0 Å². The Morgan fingerprint density at radius 3 is 2.45 bits per heavy atom. The molecule has 0 aliphatic carbocycles. The number of aryl methyl sites for hydroxylation is 1. The molecule has 0 atom stereocenters. The molecule has 116 valence electrons. The summed E-state index contributed by atoms with van der Waals surface area (Å²) in [5.41, 5.74) is 0. The predicted octanol–water partition coefficient (Wildman–Crippen LogP) is 0.699. The third-order valence-electron chi connectivity index (χ3n) is 2.42. The quantitative estimate of drug-likeness (QED) is 0.848. The van der Waals surface area contributed by atoms with Gasteiger partial charge in [0.1, 0.15) is 5.82 Å². The van der Waals surface area contributed by atoms with Crippen LogP contribution in [0.4, 0.5) is 10.7 Å². The van der Waals surface area contributed by atoms with E-state index in [4.69, 9.17) is 4.74 Å². The summed E-state index contributed by atoms with van der Waals surface area (Å²) in [6.45, 7) is 1.58. The summed E-state index contributed by atoms with van der Waals surface area (Å²) in [5.74, 6) is 0.193. The van der Waals surface area contributed by atoms with Crippen LogP contribution in [0.15, 0.2) is 35.2 Å². The van der Waals surface area contributed by atoms with Gasteiger partial charge in [-0.2, -0.15) is 15.0 Å². The van der Waals surface area contributed by atoms with Crippen molar-refractivity contribution in [2.75, 3.05) is 12.4 Å². The number of rotatable bonds is 4. The van der Waals surface area contributed by atoms with E-state index in [1.807, 2.05) is 4.72 Å². The van der Waals surface area contributed by atoms with Gasteiger partial charge in [-0.3, -0.25) is 5.32 Å². The van der Waals surface area contributed by atoms with Gasteiger partial charge in [0.05, 0.1) is 12.0 Å². The maximum Gasteiger partial charge on any atom is 0.335 e. The van der Waals surface area contributed by atoms with Gasteiger partial charge in [0.25, 0.3) is 10.0 Å². The number of carbonyl (C=O) groups excluding carboxylic acids is 1. The van der Waals surface area contributed by atoms with Crippen molar-refractivity contribution in [3.05, 3.63) is 36.2 Å². The molecule has 0 saturated carbocycles. The number of aromatic nitrogens is 3. The molecule has 2 N–H and O–H groups in total. The van der Waals surface area contributed by atoms with E-state index in [0.717, 1.165) is 0 Å². The molecule has 0 fully saturated rings. The third-order valence-corrected chi connectivity index (χ3v) is 3.76. The zero-order valence-electron chi connectivity index (χ0n) is 11.8. The molecule has 10 heteroatoms. The maximum absolute atomic E-state index is 12.0. The molecule has 2 aromatic rings. The molecular formula is C12H13N5O4S. The summed E-state index contributed by atoms with van der Waals surface area (Å²) in [6, 6.07) is 6.51. The molecule has 0 spiro atoms. The molecule has 2 amide bonds. The van der Waals surface area contributed by atoms with Crippen molar-refractivity contribution in [2.45, 2.75) is 11.8 Å². The van der Waals surface area contributed by atoms with E-state index in [-0.39, 0.29) is 16.9 Å². The SMILES string of the molecule is COc1nc(C)nc(NC(=O)NS(=O)(=O)c2ccccc2)n1. The van der Waals surface area contributed by atoms with E-state index < -0.39 is 16.1 Å². The lowest BCUT2D eigenvalue weighted by molar-refractivity contribution is 0.256. The van der Waals surface area contributed by atoms with Crippen LogP contribution in [0.3, 0.4) is 0 Å². The van der Waals surface area contributed by atoms with Gasteiger partial charge in [0.15, 0.2) is 0 Å². The van der Waals surface area contributed by atoms with Crippen LogP contribution in [0.25, 0.3) is 0 Å². The topological polar surface area (TPSA) is 123 Å². The van der Waals surface area contributed by atoms with Crippen LogP contribution in [0.1, 0.15) is 5.82 Å². The van der Waals surface area contributed by atoms with Gasteiger partial charge in [-0.25, -0.2) is 17.9 Å². The van der Waals surface area contributed by atoms with Crippen LogP contribution in [0, 0.1) is 6.92 Å². The number of amides is 2. The van der Waals surface area contributed by atoms with Crippen molar-refractivity contribution < 1.29 is 17.9 Å². The number of benzene rings is 1. The van der Waals surface area contributed by atoms with Gasteiger partial charge >= 0.3 is 12.0 Å². The summed E-state index contributed by atoms with van der Waals surface area (Å²) < 4.78 is 30.6. The summed E-state index contributed by atoms with van der Waals surface area (Å²) in [5, 5.41) is 2.21. The molecule has 1 aromatic heterocycles. The zero-order valence-corrected chi connectivity index (χ0v) is 12.6. The molecule has 0 saturated heterocycles. The van der Waals surface area contributed by atoms with E-state index in [2.05, 4.69) is 20.3 Å². The van der Waals surface area contributed by atoms with Crippen LogP contribution in [-0.2, 0) is 10.0 Å². The highest BCUT2D eigenvalue weighted by Crippen LogP contribution is 2.09. The van der Waals surface area contributed by atoms with Crippen LogP contribution in [-0.4, -0.2) is 36.5 Å². The fraction of sp³-hybridized carbons (Fsp3) is 0.167. The highest BCUT2D eigenvalue weighted by atomic mass is 32.2. The first-order chi connectivity index (χ1) is 10.4. The van der Waals surface area contributed by atoms with E-state index >= 15 is 0 Å². The van der Waals surface area contributed by atoms with Gasteiger partial charge in [0, 0.05) is 0 Å². The average molecular weight is 323 g/mol. The first kappa shape index (κ1) is 15.6. The molecule has 1 heterocycles. The smallest absolute Gasteiger partial charge is 0.335 e. The second-order valence-electron chi connectivity index (χ2n) is 4.07. The van der Waals surface area contributed by atoms with E-state index in [9.17, 15) is 13.2 Å². The lowest BCUT2D eigenvalue weighted by Gasteiger charge is -2.08. The fourth-order valence-electron chi connectivity index (χ4n) is 1.51. The predicted molar refractivity (Wildman–Crippen MR) is 76.9 cm³/mol. The number of urea groups is 1. The molecule has 22 heavy (non-hydrogen) atoms. The van der Waals surface area contributed by atoms with E-state index in [1.54, 1.807) is 25.1 Å². The van der Waals surface area contributed by atoms with Crippen molar-refractivity contribution in [3.63, 3.8) is 0 Å². The van der Waals surface area contributed by atoms with Crippen molar-refractivity contribution >= 4 is 22.0 Å². The molecule has 0 radical (unpaired) electrons. The summed E-state index contributed by atoms with van der Waals surface area (Å²) in [7, 11) is -2.61. The van der Waals surface area contributed by atoms with E-state index in [0.29, 0.717) is 5.82 Å². The summed E-state index contributed by atoms with van der Waals surface area (Å²) in [6.07, 6.45) is 0. The monoisotopic (exact) mass is 323 g/mol. The van der Waals surface area contributed by atoms with Crippen molar-refractivity contribution in [3.8, 4) is 6.01 Å². The second kappa shape index (κ2) is 6.35. The lowest BCUT2D eigenvalue weighted by Crippen LogP contribution is -2.35. The number of nitrogens with one attached hydrogen (secondary N) is 2. The first-order valence-corrected chi connectivity index (χ1v) is 7.54. The minimum Gasteiger partial charge on any atom is -0.467 e. The number of hydrogen-bond acceptors (Lipinski definition) is 7. The number of sulfonamides is 1. The minimum absolute atomic E-state index is 0.00807. The normalized spacial score (nSPS) is 10.8. The molecule has 0 bridgehead atoms. The number of carbonyl (C=O) groups is 1. The van der Waals surface area contributed by atoms with Crippen molar-refractivity contribution in [1.82, 2.24) is 19.7 Å². The molecule has 1 aromatic carbocycles. The van der Waals surface area contributed by atoms with Gasteiger partial charge in [-0.1, -0.05) is 18.2 Å². The summed E-state index contributed by atoms with van der Waals surface area (Å²) in [4.78, 5) is 23.2. The molecule has 2 rings (SSSR count). The molecular weight excluding hydrogens is 310 g/mol. The minimum atomic E-state index is -3.97. The Kier molecular flexibility index (Phi) is 4.51. The number of ether oxygens (including phenoxy) is 1. The Morgan fingerprint density at radius 2 is 1.82 bits per heavy atom. The Balaban J connectivity index is 2.12. The molecule has 0 unspecified atom stereocenters. The van der Waals surface area contributed by atoms with Crippen LogP contribution < -0.4 is 14.8 Å². The average Bonchev–Trinajstić information content (AvgIpc) is 2.46. The molecule has 0 aliphatic rings. The van der Waals surface area contributed by atoms with Crippen molar-refractivity contribution in [2.24, 2.45) is 0 Å². The van der Waals surface area contributed by atoms with Crippen LogP contribution in [0.5, 0.6) is 6.01 Å². The first-order valence-electron chi connectivity index (χ1n) is 6.06. The second-order valence-corrected chi connectivity index (χ2v) is 5.75. The third kappa shape index (κ3) is 3.88. The van der Waals surface area contributed by atoms with Gasteiger partial charge in [0.2, 0.25) is 5.95 Å². The number of anilines is 1. The van der Waals surface area contributed by atoms with Crippen LogP contribution >= 0.6 is 0 Å². The fourth-order valence-corrected chi connectivity index (χ4v) is 2.44. The number of hydrogen-bond donors (Lipinski definition) is 2. The Labute approximate surface area is 126 Å². The Hall–Kier alpha value is -2.75. The largest absolute Gasteiger partial charge is 0.467 e. The van der Waals surface area contributed by atoms with E-state index in [1.165, 1.54) is 19.2 Å². The highest BCUT2D eigenvalue weighted by molar-refractivity contribution is 7.90. The standard InChI is InChI=1S/C12H13N5O4S/c1-8-13-10(16-12(14-8)21-2)15-11(18)17-22(19,20)9-6-4-3-5-7-9/h3-7H,1-2H3,(H2,13,14,15,16,17,18). The zero-order chi connectivity index (χ0) is 16.2. The maximum atomic E-state index is 12.0. The number of methoxy groups -OCH3 is 1. The molecule has 0 aliphatic heterocycles. The van der Waals surface area contributed by atoms with Gasteiger partial charge in [-0.05, 0) is 19.1 Å². The number of nitrogens with zero attached hydrogens (tertiary/aromatic N) is 3. The van der Waals surface area contributed by atoms with Gasteiger partial charge in [-0.15, -0.1) is 0 Å².